The third-order valence-electron chi connectivity index (χ3n) is 2.82. The molecule has 0 spiro atoms. The largest absolute Gasteiger partial charge is 0.493 e. The summed E-state index contributed by atoms with van der Waals surface area (Å²) < 4.78 is 11.2. The van der Waals surface area contributed by atoms with Crippen LogP contribution in [0.1, 0.15) is 0 Å². The van der Waals surface area contributed by atoms with Crippen LogP contribution in [0, 0.1) is 0 Å². The molecule has 1 aromatic carbocycles. The molecule has 0 bridgehead atoms. The number of fused-ring (bicyclic) bond motifs is 1. The average Bonchev–Trinajstić information content (AvgIpc) is 2.88. The van der Waals surface area contributed by atoms with Crippen LogP contribution < -0.4 is 9.64 Å². The topological polar surface area (TPSA) is 76.1 Å². The van der Waals surface area contributed by atoms with Crippen LogP contribution in [0.2, 0.25) is 0 Å². The molecule has 0 aliphatic rings. The Kier molecular flexibility index (Phi) is 5.00. The van der Waals surface area contributed by atoms with Crippen LogP contribution in [0.15, 0.2) is 36.9 Å². The number of ether oxygens (including phenoxy) is 2. The minimum absolute atomic E-state index is 0.00215. The highest BCUT2D eigenvalue weighted by atomic mass is 32.1. The van der Waals surface area contributed by atoms with Gasteiger partial charge in [-0.3, -0.25) is 9.69 Å². The molecule has 1 aromatic heterocycles. The first-order valence-electron chi connectivity index (χ1n) is 6.41. The highest BCUT2D eigenvalue weighted by Gasteiger charge is 2.26. The van der Waals surface area contributed by atoms with Gasteiger partial charge in [-0.25, -0.2) is 4.79 Å². The molecule has 22 heavy (non-hydrogen) atoms. The third kappa shape index (κ3) is 3.20. The van der Waals surface area contributed by atoms with Crippen molar-refractivity contribution >= 4 is 38.5 Å². The van der Waals surface area contributed by atoms with E-state index in [0.29, 0.717) is 10.8 Å². The number of aliphatic carboxylic acids is 1. The molecular weight excluding hydrogens is 306 g/mol. The van der Waals surface area contributed by atoms with E-state index in [1.807, 2.05) is 24.3 Å². The Morgan fingerprint density at radius 2 is 2.14 bits per heavy atom. The zero-order chi connectivity index (χ0) is 16.1. The SMILES string of the molecule is C=CCOC(=O)N(CC(=O)O)c1sc2ccccc2c1OC. The Hall–Kier alpha value is -2.54. The third-order valence-corrected chi connectivity index (χ3v) is 4.00. The molecule has 1 heterocycles. The summed E-state index contributed by atoms with van der Waals surface area (Å²) in [5.74, 6) is -0.688. The van der Waals surface area contributed by atoms with Crippen molar-refractivity contribution < 1.29 is 24.2 Å². The normalized spacial score (nSPS) is 10.2. The van der Waals surface area contributed by atoms with Crippen molar-refractivity contribution in [2.45, 2.75) is 0 Å². The van der Waals surface area contributed by atoms with Crippen molar-refractivity contribution in [3.63, 3.8) is 0 Å². The van der Waals surface area contributed by atoms with Crippen LogP contribution in [0.3, 0.4) is 0 Å². The molecule has 0 aliphatic heterocycles. The van der Waals surface area contributed by atoms with Gasteiger partial charge in [0.1, 0.15) is 18.2 Å². The van der Waals surface area contributed by atoms with E-state index in [2.05, 4.69) is 6.58 Å². The Morgan fingerprint density at radius 1 is 1.41 bits per heavy atom. The quantitative estimate of drug-likeness (QED) is 0.827. The van der Waals surface area contributed by atoms with Crippen molar-refractivity contribution in [1.82, 2.24) is 0 Å². The van der Waals surface area contributed by atoms with Gasteiger partial charge in [-0.05, 0) is 12.1 Å². The molecule has 0 fully saturated rings. The molecule has 6 nitrogen and oxygen atoms in total. The Bertz CT molecular complexity index is 709. The maximum Gasteiger partial charge on any atom is 0.415 e. The van der Waals surface area contributed by atoms with Crippen LogP contribution in [-0.2, 0) is 9.53 Å². The Morgan fingerprint density at radius 3 is 2.77 bits per heavy atom. The number of carbonyl (C=O) groups is 2. The highest BCUT2D eigenvalue weighted by molar-refractivity contribution is 7.23. The molecule has 7 heteroatoms. The number of thiophene rings is 1. The summed E-state index contributed by atoms with van der Waals surface area (Å²) in [4.78, 5) is 24.2. The number of anilines is 1. The fourth-order valence-corrected chi connectivity index (χ4v) is 3.11. The average molecular weight is 321 g/mol. The molecule has 116 valence electrons. The van der Waals surface area contributed by atoms with Gasteiger partial charge in [0.05, 0.1) is 7.11 Å². The number of carboxylic acids is 1. The van der Waals surface area contributed by atoms with Crippen molar-refractivity contribution in [2.75, 3.05) is 25.2 Å². The van der Waals surface area contributed by atoms with Gasteiger partial charge in [-0.2, -0.15) is 0 Å². The number of rotatable bonds is 6. The van der Waals surface area contributed by atoms with E-state index in [1.54, 1.807) is 0 Å². The lowest BCUT2D eigenvalue weighted by Gasteiger charge is -2.19. The van der Waals surface area contributed by atoms with E-state index in [1.165, 1.54) is 24.5 Å². The molecule has 1 amide bonds. The summed E-state index contributed by atoms with van der Waals surface area (Å²) in [6, 6.07) is 7.43. The van der Waals surface area contributed by atoms with Gasteiger partial charge in [0, 0.05) is 10.1 Å². The van der Waals surface area contributed by atoms with E-state index in [4.69, 9.17) is 14.6 Å². The van der Waals surface area contributed by atoms with Gasteiger partial charge in [0.25, 0.3) is 0 Å². The molecule has 0 atom stereocenters. The number of benzene rings is 1. The van der Waals surface area contributed by atoms with Crippen LogP contribution in [0.25, 0.3) is 10.1 Å². The maximum atomic E-state index is 12.1. The molecule has 0 saturated carbocycles. The number of amides is 1. The molecule has 1 N–H and O–H groups in total. The number of carbonyl (C=O) groups excluding carboxylic acids is 1. The van der Waals surface area contributed by atoms with Crippen LogP contribution in [0.4, 0.5) is 9.80 Å². The molecular formula is C15H15NO5S. The first kappa shape index (κ1) is 15.8. The van der Waals surface area contributed by atoms with Gasteiger partial charge < -0.3 is 14.6 Å². The maximum absolute atomic E-state index is 12.1. The zero-order valence-corrected chi connectivity index (χ0v) is 12.8. The lowest BCUT2D eigenvalue weighted by atomic mass is 10.2. The van der Waals surface area contributed by atoms with E-state index in [-0.39, 0.29) is 6.61 Å². The van der Waals surface area contributed by atoms with E-state index >= 15 is 0 Å². The summed E-state index contributed by atoms with van der Waals surface area (Å²) in [6.07, 6.45) is 0.658. The lowest BCUT2D eigenvalue weighted by Crippen LogP contribution is -2.35. The summed E-state index contributed by atoms with van der Waals surface area (Å²) in [5.41, 5.74) is 0. The van der Waals surface area contributed by atoms with Crippen LogP contribution in [0.5, 0.6) is 5.75 Å². The monoisotopic (exact) mass is 321 g/mol. The molecule has 2 aromatic rings. The predicted molar refractivity (Wildman–Crippen MR) is 84.9 cm³/mol. The summed E-state index contributed by atoms with van der Waals surface area (Å²) in [6.45, 7) is 2.95. The summed E-state index contributed by atoms with van der Waals surface area (Å²) >= 11 is 1.27. The number of hydrogen-bond acceptors (Lipinski definition) is 5. The van der Waals surface area contributed by atoms with E-state index in [9.17, 15) is 9.59 Å². The summed E-state index contributed by atoms with van der Waals surface area (Å²) in [5, 5.41) is 10.3. The molecule has 0 saturated heterocycles. The molecule has 0 unspecified atom stereocenters. The minimum Gasteiger partial charge on any atom is -0.493 e. The van der Waals surface area contributed by atoms with Gasteiger partial charge in [0.15, 0.2) is 5.75 Å². The fraction of sp³-hybridized carbons (Fsp3) is 0.200. The highest BCUT2D eigenvalue weighted by Crippen LogP contribution is 2.44. The molecule has 2 rings (SSSR count). The van der Waals surface area contributed by atoms with Crippen molar-refractivity contribution in [1.29, 1.82) is 0 Å². The van der Waals surface area contributed by atoms with Crippen molar-refractivity contribution in [3.8, 4) is 5.75 Å². The summed E-state index contributed by atoms with van der Waals surface area (Å²) in [7, 11) is 1.48. The number of hydrogen-bond donors (Lipinski definition) is 1. The lowest BCUT2D eigenvalue weighted by molar-refractivity contribution is -0.135. The Labute approximate surface area is 131 Å². The van der Waals surface area contributed by atoms with Gasteiger partial charge >= 0.3 is 12.1 Å². The van der Waals surface area contributed by atoms with E-state index in [0.717, 1.165) is 15.0 Å². The smallest absolute Gasteiger partial charge is 0.415 e. The molecule has 0 radical (unpaired) electrons. The van der Waals surface area contributed by atoms with Crippen molar-refractivity contribution in [2.24, 2.45) is 0 Å². The number of carboxylic acid groups (broad SMARTS) is 1. The minimum atomic E-state index is -1.14. The second-order valence-corrected chi connectivity index (χ2v) is 5.31. The first-order valence-corrected chi connectivity index (χ1v) is 7.22. The van der Waals surface area contributed by atoms with Gasteiger partial charge in [-0.1, -0.05) is 24.8 Å². The first-order chi connectivity index (χ1) is 10.6. The van der Waals surface area contributed by atoms with Gasteiger partial charge in [-0.15, -0.1) is 11.3 Å². The second kappa shape index (κ2) is 6.95. The second-order valence-electron chi connectivity index (χ2n) is 4.28. The van der Waals surface area contributed by atoms with Gasteiger partial charge in [0.2, 0.25) is 0 Å². The van der Waals surface area contributed by atoms with Crippen LogP contribution in [-0.4, -0.2) is 37.4 Å². The standard InChI is InChI=1S/C15H15NO5S/c1-3-8-21-15(19)16(9-12(17)18)14-13(20-2)10-6-4-5-7-11(10)22-14/h3-7H,1,8-9H2,2H3,(H,17,18). The molecule has 0 aliphatic carbocycles. The fourth-order valence-electron chi connectivity index (χ4n) is 1.95. The predicted octanol–water partition coefficient (Wildman–Crippen LogP) is 3.12. The zero-order valence-electron chi connectivity index (χ0n) is 11.9. The van der Waals surface area contributed by atoms with E-state index < -0.39 is 18.6 Å². The van der Waals surface area contributed by atoms with Crippen LogP contribution >= 0.6 is 11.3 Å². The van der Waals surface area contributed by atoms with Crippen molar-refractivity contribution in [3.05, 3.63) is 36.9 Å². The number of methoxy groups -OCH3 is 1. The Balaban J connectivity index is 2.48. The number of nitrogens with zero attached hydrogens (tertiary/aromatic N) is 1.